The van der Waals surface area contributed by atoms with Gasteiger partial charge in [0, 0.05) is 15.6 Å². The Hall–Kier alpha value is -1.26. The van der Waals surface area contributed by atoms with Gasteiger partial charge in [0.05, 0.1) is 7.11 Å². The Morgan fingerprint density at radius 1 is 1.22 bits per heavy atom. The number of aryl methyl sites for hydroxylation is 2. The van der Waals surface area contributed by atoms with Crippen LogP contribution in [0, 0.1) is 13.8 Å². The van der Waals surface area contributed by atoms with Gasteiger partial charge < -0.3 is 14.3 Å². The van der Waals surface area contributed by atoms with Crippen molar-refractivity contribution in [3.63, 3.8) is 0 Å². The van der Waals surface area contributed by atoms with Crippen LogP contribution in [-0.2, 0) is 0 Å². The van der Waals surface area contributed by atoms with Crippen LogP contribution >= 0.6 is 15.9 Å². The van der Waals surface area contributed by atoms with Crippen molar-refractivity contribution in [1.29, 1.82) is 0 Å². The molecule has 1 heterocycles. The quantitative estimate of drug-likeness (QED) is 0.939. The molecule has 1 N–H and O–H groups in total. The van der Waals surface area contributed by atoms with Crippen LogP contribution in [0.25, 0.3) is 0 Å². The van der Waals surface area contributed by atoms with Gasteiger partial charge in [-0.15, -0.1) is 0 Å². The predicted molar refractivity (Wildman–Crippen MR) is 72.9 cm³/mol. The Kier molecular flexibility index (Phi) is 3.78. The maximum absolute atomic E-state index is 10.5. The van der Waals surface area contributed by atoms with Crippen LogP contribution in [0.3, 0.4) is 0 Å². The second-order valence-corrected chi connectivity index (χ2v) is 5.07. The lowest BCUT2D eigenvalue weighted by Gasteiger charge is -2.14. The molecule has 0 saturated heterocycles. The summed E-state index contributed by atoms with van der Waals surface area (Å²) in [6.45, 7) is 3.71. The number of aliphatic hydroxyl groups excluding tert-OH is 1. The van der Waals surface area contributed by atoms with Crippen LogP contribution in [-0.4, -0.2) is 12.2 Å². The summed E-state index contributed by atoms with van der Waals surface area (Å²) in [4.78, 5) is 0. The Labute approximate surface area is 115 Å². The van der Waals surface area contributed by atoms with E-state index in [-0.39, 0.29) is 0 Å². The maximum atomic E-state index is 10.5. The molecule has 0 aliphatic carbocycles. The van der Waals surface area contributed by atoms with E-state index in [1.807, 2.05) is 38.1 Å². The molecule has 96 valence electrons. The summed E-state index contributed by atoms with van der Waals surface area (Å²) in [7, 11) is 1.59. The molecule has 0 spiro atoms. The third-order valence-corrected chi connectivity index (χ3v) is 3.35. The number of halogens is 1. The Morgan fingerprint density at radius 3 is 2.50 bits per heavy atom. The van der Waals surface area contributed by atoms with E-state index < -0.39 is 6.10 Å². The van der Waals surface area contributed by atoms with Gasteiger partial charge in [0.2, 0.25) is 0 Å². The zero-order chi connectivity index (χ0) is 13.3. The summed E-state index contributed by atoms with van der Waals surface area (Å²) in [5.41, 5.74) is 1.49. The molecule has 1 atom stereocenters. The Bertz CT molecular complexity index is 560. The molecular weight excluding hydrogens is 296 g/mol. The van der Waals surface area contributed by atoms with Gasteiger partial charge in [-0.25, -0.2) is 0 Å². The summed E-state index contributed by atoms with van der Waals surface area (Å²) < 4.78 is 11.6. The number of hydrogen-bond acceptors (Lipinski definition) is 3. The van der Waals surface area contributed by atoms with E-state index in [0.717, 1.165) is 27.1 Å². The molecule has 1 aromatic heterocycles. The molecule has 0 bridgehead atoms. The first kappa shape index (κ1) is 13.2. The van der Waals surface area contributed by atoms with Crippen molar-refractivity contribution < 1.29 is 14.3 Å². The van der Waals surface area contributed by atoms with Crippen LogP contribution in [0.5, 0.6) is 5.75 Å². The third-order valence-electron chi connectivity index (χ3n) is 2.86. The summed E-state index contributed by atoms with van der Waals surface area (Å²) in [5.74, 6) is 2.17. The van der Waals surface area contributed by atoms with Crippen LogP contribution in [0.4, 0.5) is 0 Å². The minimum Gasteiger partial charge on any atom is -0.496 e. The highest BCUT2D eigenvalue weighted by atomic mass is 79.9. The molecule has 0 radical (unpaired) electrons. The topological polar surface area (TPSA) is 42.6 Å². The van der Waals surface area contributed by atoms with Gasteiger partial charge in [0.1, 0.15) is 23.4 Å². The lowest BCUT2D eigenvalue weighted by atomic mass is 10.0. The first-order valence-corrected chi connectivity index (χ1v) is 6.40. The van der Waals surface area contributed by atoms with E-state index in [9.17, 15) is 5.11 Å². The zero-order valence-corrected chi connectivity index (χ0v) is 12.1. The van der Waals surface area contributed by atoms with E-state index in [2.05, 4.69) is 15.9 Å². The molecule has 0 aliphatic rings. The van der Waals surface area contributed by atoms with Crippen molar-refractivity contribution in [1.82, 2.24) is 0 Å². The van der Waals surface area contributed by atoms with Crippen LogP contribution in [0.15, 0.2) is 33.2 Å². The predicted octanol–water partition coefficient (Wildman–Crippen LogP) is 3.75. The molecule has 1 unspecified atom stereocenters. The number of furan rings is 1. The van der Waals surface area contributed by atoms with Crippen molar-refractivity contribution in [3.05, 3.63) is 51.4 Å². The number of aliphatic hydroxyl groups is 1. The monoisotopic (exact) mass is 310 g/mol. The van der Waals surface area contributed by atoms with E-state index in [0.29, 0.717) is 5.75 Å². The normalized spacial score (nSPS) is 12.5. The van der Waals surface area contributed by atoms with Crippen LogP contribution in [0.2, 0.25) is 0 Å². The van der Waals surface area contributed by atoms with Gasteiger partial charge in [-0.3, -0.25) is 0 Å². The zero-order valence-electron chi connectivity index (χ0n) is 10.5. The second kappa shape index (κ2) is 5.16. The molecule has 3 nitrogen and oxygen atoms in total. The molecule has 18 heavy (non-hydrogen) atoms. The van der Waals surface area contributed by atoms with Crippen molar-refractivity contribution in [2.24, 2.45) is 0 Å². The van der Waals surface area contributed by atoms with Gasteiger partial charge in [-0.1, -0.05) is 15.9 Å². The number of benzene rings is 1. The third kappa shape index (κ3) is 2.44. The fourth-order valence-corrected chi connectivity index (χ4v) is 2.39. The maximum Gasteiger partial charge on any atom is 0.125 e. The molecular formula is C14H15BrO3. The molecule has 1 aromatic carbocycles. The fourth-order valence-electron chi connectivity index (χ4n) is 2.01. The molecule has 4 heteroatoms. The molecule has 0 fully saturated rings. The van der Waals surface area contributed by atoms with E-state index in [4.69, 9.17) is 9.15 Å². The van der Waals surface area contributed by atoms with Gasteiger partial charge >= 0.3 is 0 Å². The second-order valence-electron chi connectivity index (χ2n) is 4.16. The number of hydrogen-bond donors (Lipinski definition) is 1. The number of methoxy groups -OCH3 is 1. The van der Waals surface area contributed by atoms with Crippen molar-refractivity contribution >= 4 is 15.9 Å². The SMILES string of the molecule is COc1ccc(Br)cc1C(O)c1cc(C)oc1C. The smallest absolute Gasteiger partial charge is 0.125 e. The minimum absolute atomic E-state index is 0.656. The first-order valence-electron chi connectivity index (χ1n) is 5.61. The molecule has 0 saturated carbocycles. The fraction of sp³-hybridized carbons (Fsp3) is 0.286. The van der Waals surface area contributed by atoms with E-state index >= 15 is 0 Å². The standard InChI is InChI=1S/C14H15BrO3/c1-8-6-11(9(2)18-8)14(16)12-7-10(15)4-5-13(12)17-3/h4-7,14,16H,1-3H3. The summed E-state index contributed by atoms with van der Waals surface area (Å²) in [6, 6.07) is 7.40. The highest BCUT2D eigenvalue weighted by Crippen LogP contribution is 2.34. The average molecular weight is 311 g/mol. The number of rotatable bonds is 3. The lowest BCUT2D eigenvalue weighted by molar-refractivity contribution is 0.212. The van der Waals surface area contributed by atoms with Crippen molar-refractivity contribution in [3.8, 4) is 5.75 Å². The molecule has 2 rings (SSSR count). The lowest BCUT2D eigenvalue weighted by Crippen LogP contribution is -2.02. The summed E-state index contributed by atoms with van der Waals surface area (Å²) >= 11 is 3.40. The van der Waals surface area contributed by atoms with Gasteiger partial charge in [0.15, 0.2) is 0 Å². The van der Waals surface area contributed by atoms with Crippen molar-refractivity contribution in [2.75, 3.05) is 7.11 Å². The van der Waals surface area contributed by atoms with Crippen LogP contribution in [0.1, 0.15) is 28.8 Å². The minimum atomic E-state index is -0.755. The molecule has 2 aromatic rings. The molecule has 0 aliphatic heterocycles. The van der Waals surface area contributed by atoms with Gasteiger partial charge in [0.25, 0.3) is 0 Å². The summed E-state index contributed by atoms with van der Waals surface area (Å²) in [5, 5.41) is 10.5. The summed E-state index contributed by atoms with van der Waals surface area (Å²) in [6.07, 6.45) is -0.755. The van der Waals surface area contributed by atoms with E-state index in [1.54, 1.807) is 7.11 Å². The highest BCUT2D eigenvalue weighted by molar-refractivity contribution is 9.10. The highest BCUT2D eigenvalue weighted by Gasteiger charge is 2.20. The van der Waals surface area contributed by atoms with E-state index in [1.165, 1.54) is 0 Å². The Balaban J connectivity index is 2.48. The van der Waals surface area contributed by atoms with Gasteiger partial charge in [-0.2, -0.15) is 0 Å². The largest absolute Gasteiger partial charge is 0.496 e. The molecule has 0 amide bonds. The van der Waals surface area contributed by atoms with Crippen LogP contribution < -0.4 is 4.74 Å². The Morgan fingerprint density at radius 2 is 1.94 bits per heavy atom. The first-order chi connectivity index (χ1) is 8.52. The van der Waals surface area contributed by atoms with Gasteiger partial charge in [-0.05, 0) is 38.1 Å². The van der Waals surface area contributed by atoms with Crippen molar-refractivity contribution in [2.45, 2.75) is 20.0 Å². The number of ether oxygens (including phenoxy) is 1. The average Bonchev–Trinajstić information content (AvgIpc) is 2.67.